The highest BCUT2D eigenvalue weighted by molar-refractivity contribution is 5.92. The number of fused-ring (bicyclic) bond motifs is 1. The van der Waals surface area contributed by atoms with Crippen molar-refractivity contribution in [2.24, 2.45) is 5.92 Å². The van der Waals surface area contributed by atoms with Gasteiger partial charge in [-0.3, -0.25) is 19.5 Å². The molecule has 2 aromatic rings. The molecule has 2 aliphatic rings. The average molecular weight is 380 g/mol. The van der Waals surface area contributed by atoms with Crippen molar-refractivity contribution in [2.45, 2.75) is 39.2 Å². The second-order valence-corrected chi connectivity index (χ2v) is 7.97. The second-order valence-electron chi connectivity index (χ2n) is 7.97. The minimum Gasteiger partial charge on any atom is -0.341 e. The van der Waals surface area contributed by atoms with Crippen molar-refractivity contribution < 1.29 is 9.59 Å². The molecular weight excluding hydrogens is 352 g/mol. The fraction of sp³-hybridized carbons (Fsp3) is 0.500. The van der Waals surface area contributed by atoms with E-state index in [4.69, 9.17) is 4.98 Å². The Labute approximate surface area is 165 Å². The monoisotopic (exact) mass is 380 g/mol. The zero-order valence-corrected chi connectivity index (χ0v) is 16.5. The zero-order valence-electron chi connectivity index (χ0n) is 16.5. The van der Waals surface area contributed by atoms with Crippen LogP contribution in [0, 0.1) is 5.92 Å². The lowest BCUT2D eigenvalue weighted by Crippen LogP contribution is -2.41. The van der Waals surface area contributed by atoms with Crippen LogP contribution in [0.15, 0.2) is 30.3 Å². The van der Waals surface area contributed by atoms with Gasteiger partial charge in [0.1, 0.15) is 0 Å². The first-order chi connectivity index (χ1) is 13.6. The molecule has 1 aromatic heterocycles. The predicted octanol–water partition coefficient (Wildman–Crippen LogP) is 3.03. The highest BCUT2D eigenvalue weighted by Crippen LogP contribution is 2.28. The Balaban J connectivity index is 1.38. The number of nitrogens with one attached hydrogen (secondary N) is 1. The molecule has 1 N–H and O–H groups in total. The van der Waals surface area contributed by atoms with Crippen molar-refractivity contribution in [1.29, 1.82) is 0 Å². The summed E-state index contributed by atoms with van der Waals surface area (Å²) >= 11 is 0. The van der Waals surface area contributed by atoms with E-state index < -0.39 is 0 Å². The summed E-state index contributed by atoms with van der Waals surface area (Å²) in [5.74, 6) is 0.581. The number of nitrogens with zero attached hydrogens (tertiary/aromatic N) is 3. The number of anilines is 1. The normalized spacial score (nSPS) is 18.5. The van der Waals surface area contributed by atoms with Gasteiger partial charge in [-0.25, -0.2) is 0 Å². The molecule has 2 fully saturated rings. The van der Waals surface area contributed by atoms with Gasteiger partial charge in [0.05, 0.1) is 11.2 Å². The molecule has 1 saturated carbocycles. The van der Waals surface area contributed by atoms with E-state index in [0.717, 1.165) is 74.3 Å². The van der Waals surface area contributed by atoms with Gasteiger partial charge in [-0.15, -0.1) is 0 Å². The van der Waals surface area contributed by atoms with Crippen LogP contribution in [0.3, 0.4) is 0 Å². The van der Waals surface area contributed by atoms with Crippen LogP contribution in [-0.4, -0.2) is 52.8 Å². The smallest absolute Gasteiger partial charge is 0.225 e. The van der Waals surface area contributed by atoms with Crippen molar-refractivity contribution in [2.75, 3.05) is 31.5 Å². The van der Waals surface area contributed by atoms with Crippen LogP contribution < -0.4 is 5.32 Å². The molecule has 1 aliphatic heterocycles. The first-order valence-electron chi connectivity index (χ1n) is 10.3. The quantitative estimate of drug-likeness (QED) is 0.885. The van der Waals surface area contributed by atoms with Crippen LogP contribution in [0.5, 0.6) is 0 Å². The van der Waals surface area contributed by atoms with E-state index in [-0.39, 0.29) is 11.8 Å². The van der Waals surface area contributed by atoms with Gasteiger partial charge in [-0.1, -0.05) is 12.5 Å². The van der Waals surface area contributed by atoms with Gasteiger partial charge in [-0.05, 0) is 43.5 Å². The van der Waals surface area contributed by atoms with Gasteiger partial charge in [-0.2, -0.15) is 0 Å². The van der Waals surface area contributed by atoms with E-state index in [1.54, 1.807) is 0 Å². The Bertz CT molecular complexity index is 878. The largest absolute Gasteiger partial charge is 0.341 e. The molecule has 1 aromatic carbocycles. The lowest BCUT2D eigenvalue weighted by atomic mass is 9.84. The van der Waals surface area contributed by atoms with E-state index in [1.165, 1.54) is 13.3 Å². The molecule has 2 amide bonds. The molecule has 2 heterocycles. The number of rotatable bonds is 4. The van der Waals surface area contributed by atoms with Gasteiger partial charge in [0.2, 0.25) is 11.8 Å². The second kappa shape index (κ2) is 8.27. The summed E-state index contributed by atoms with van der Waals surface area (Å²) in [7, 11) is 0. The summed E-state index contributed by atoms with van der Waals surface area (Å²) in [6.07, 6.45) is 4.37. The summed E-state index contributed by atoms with van der Waals surface area (Å²) in [5.41, 5.74) is 2.76. The fourth-order valence-electron chi connectivity index (χ4n) is 4.03. The summed E-state index contributed by atoms with van der Waals surface area (Å²) in [6, 6.07) is 9.90. The molecule has 1 saturated heterocycles. The van der Waals surface area contributed by atoms with Gasteiger partial charge < -0.3 is 10.2 Å². The first-order valence-corrected chi connectivity index (χ1v) is 10.3. The Morgan fingerprint density at radius 2 is 1.93 bits per heavy atom. The molecule has 6 nitrogen and oxygen atoms in total. The van der Waals surface area contributed by atoms with Crippen molar-refractivity contribution in [3.05, 3.63) is 36.0 Å². The summed E-state index contributed by atoms with van der Waals surface area (Å²) in [5, 5.41) is 3.82. The Morgan fingerprint density at radius 3 is 2.68 bits per heavy atom. The van der Waals surface area contributed by atoms with Gasteiger partial charge in [0, 0.05) is 56.6 Å². The number of amides is 2. The van der Waals surface area contributed by atoms with Crippen LogP contribution in [-0.2, 0) is 16.1 Å². The van der Waals surface area contributed by atoms with Crippen LogP contribution in [0.1, 0.15) is 38.3 Å². The van der Waals surface area contributed by atoms with Crippen LogP contribution in [0.2, 0.25) is 0 Å². The average Bonchev–Trinajstić information content (AvgIpc) is 2.85. The molecular formula is C22H28N4O2. The molecule has 0 atom stereocenters. The number of carbonyl (C=O) groups excluding carboxylic acids is 2. The lowest BCUT2D eigenvalue weighted by molar-refractivity contribution is -0.138. The molecule has 0 unspecified atom stereocenters. The number of benzene rings is 1. The molecule has 0 radical (unpaired) electrons. The summed E-state index contributed by atoms with van der Waals surface area (Å²) < 4.78 is 0. The molecule has 28 heavy (non-hydrogen) atoms. The third-order valence-corrected chi connectivity index (χ3v) is 5.81. The topological polar surface area (TPSA) is 65.5 Å². The number of pyridine rings is 1. The summed E-state index contributed by atoms with van der Waals surface area (Å²) in [4.78, 5) is 33.0. The minimum atomic E-state index is -0.0741. The van der Waals surface area contributed by atoms with E-state index in [1.807, 2.05) is 18.2 Å². The van der Waals surface area contributed by atoms with Crippen molar-refractivity contribution in [3.63, 3.8) is 0 Å². The molecule has 6 heteroatoms. The first kappa shape index (κ1) is 18.9. The number of hydrogen-bond acceptors (Lipinski definition) is 4. The van der Waals surface area contributed by atoms with E-state index in [9.17, 15) is 9.59 Å². The third kappa shape index (κ3) is 4.33. The minimum absolute atomic E-state index is 0.0741. The van der Waals surface area contributed by atoms with Crippen LogP contribution in [0.4, 0.5) is 5.69 Å². The highest BCUT2D eigenvalue weighted by atomic mass is 16.2. The fourth-order valence-corrected chi connectivity index (χ4v) is 4.03. The van der Waals surface area contributed by atoms with Gasteiger partial charge in [0.15, 0.2) is 0 Å². The standard InChI is InChI=1S/C22H28N4O2/c1-16(27)23-19-8-9-21-18(14-19)6-7-20(24-21)15-25-10-3-11-26(13-12-25)22(28)17-4-2-5-17/h6-9,14,17H,2-5,10-13,15H2,1H3,(H,23,27). The van der Waals surface area contributed by atoms with Crippen molar-refractivity contribution in [1.82, 2.24) is 14.8 Å². The number of carbonyl (C=O) groups is 2. The number of aromatic nitrogens is 1. The van der Waals surface area contributed by atoms with Crippen LogP contribution >= 0.6 is 0 Å². The summed E-state index contributed by atoms with van der Waals surface area (Å²) in [6.45, 7) is 5.91. The Hall–Kier alpha value is -2.47. The maximum atomic E-state index is 12.5. The van der Waals surface area contributed by atoms with Gasteiger partial charge in [0.25, 0.3) is 0 Å². The predicted molar refractivity (Wildman–Crippen MR) is 110 cm³/mol. The molecule has 148 valence electrons. The van der Waals surface area contributed by atoms with Crippen molar-refractivity contribution in [3.8, 4) is 0 Å². The van der Waals surface area contributed by atoms with Crippen LogP contribution in [0.25, 0.3) is 10.9 Å². The third-order valence-electron chi connectivity index (χ3n) is 5.81. The lowest BCUT2D eigenvalue weighted by Gasteiger charge is -2.31. The Kier molecular flexibility index (Phi) is 5.57. The molecule has 4 rings (SSSR count). The SMILES string of the molecule is CC(=O)Nc1ccc2nc(CN3CCCN(C(=O)C4CCC4)CC3)ccc2c1. The molecule has 0 bridgehead atoms. The molecule has 0 spiro atoms. The van der Waals surface area contributed by atoms with E-state index in [0.29, 0.717) is 5.91 Å². The van der Waals surface area contributed by atoms with Gasteiger partial charge >= 0.3 is 0 Å². The molecule has 1 aliphatic carbocycles. The zero-order chi connectivity index (χ0) is 19.5. The maximum absolute atomic E-state index is 12.5. The van der Waals surface area contributed by atoms with E-state index in [2.05, 4.69) is 27.2 Å². The highest BCUT2D eigenvalue weighted by Gasteiger charge is 2.30. The van der Waals surface area contributed by atoms with E-state index >= 15 is 0 Å². The number of hydrogen-bond donors (Lipinski definition) is 1. The Morgan fingerprint density at radius 1 is 1.07 bits per heavy atom. The maximum Gasteiger partial charge on any atom is 0.225 e. The van der Waals surface area contributed by atoms with Crippen molar-refractivity contribution >= 4 is 28.4 Å².